The highest BCUT2D eigenvalue weighted by Gasteiger charge is 2.17. The minimum Gasteiger partial charge on any atom is -0.448 e. The second-order valence-electron chi connectivity index (χ2n) is 8.70. The molecule has 0 saturated heterocycles. The van der Waals surface area contributed by atoms with Gasteiger partial charge in [-0.3, -0.25) is 9.47 Å². The molecule has 3 aromatic carbocycles. The van der Waals surface area contributed by atoms with Gasteiger partial charge in [-0.2, -0.15) is 13.5 Å². The van der Waals surface area contributed by atoms with Crippen LogP contribution in [0.25, 0.3) is 11.0 Å². The molecule has 190 valence electrons. The van der Waals surface area contributed by atoms with E-state index < -0.39 is 6.09 Å². The van der Waals surface area contributed by atoms with Crippen molar-refractivity contribution in [3.05, 3.63) is 107 Å². The molecular weight excluding hydrogens is 472 g/mol. The second-order valence-corrected chi connectivity index (χ2v) is 8.70. The van der Waals surface area contributed by atoms with Crippen molar-refractivity contribution in [2.75, 3.05) is 13.2 Å². The lowest BCUT2D eigenvalue weighted by Gasteiger charge is -2.29. The molecule has 0 aliphatic rings. The fourth-order valence-corrected chi connectivity index (χ4v) is 4.11. The Morgan fingerprint density at radius 1 is 0.944 bits per heavy atom. The van der Waals surface area contributed by atoms with E-state index in [9.17, 15) is 9.59 Å². The van der Waals surface area contributed by atoms with Crippen molar-refractivity contribution in [3.8, 4) is 0 Å². The highest BCUT2D eigenvalue weighted by Crippen LogP contribution is 2.14. The molecule has 36 heavy (non-hydrogen) atoms. The molecule has 1 amide bonds. The standard InChI is InChI=1S/C28H32N4O3.H2S/c1-22(31(19-23-11-4-2-5-12-23)20-24-13-6-3-7-14-24)21-35-28(34)29-17-10-18-32-26-16-9-8-15-25(26)30-27(32)33;/h2-9,11-16,22H,10,17-21H2,1H3,(H,29,34)(H,30,33);1H2/t22-;/m0./s1. The van der Waals surface area contributed by atoms with Gasteiger partial charge < -0.3 is 15.0 Å². The third kappa shape index (κ3) is 7.50. The summed E-state index contributed by atoms with van der Waals surface area (Å²) in [4.78, 5) is 29.6. The topological polar surface area (TPSA) is 79.4 Å². The molecule has 0 spiro atoms. The summed E-state index contributed by atoms with van der Waals surface area (Å²) in [7, 11) is 0. The summed E-state index contributed by atoms with van der Waals surface area (Å²) in [5.41, 5.74) is 3.97. The van der Waals surface area contributed by atoms with Crippen LogP contribution < -0.4 is 11.0 Å². The Labute approximate surface area is 218 Å². The first-order chi connectivity index (χ1) is 17.1. The number of fused-ring (bicyclic) bond motifs is 1. The van der Waals surface area contributed by atoms with E-state index in [0.29, 0.717) is 19.5 Å². The number of H-pyrrole nitrogens is 1. The number of alkyl carbamates (subject to hydrolysis) is 1. The zero-order valence-corrected chi connectivity index (χ0v) is 21.5. The van der Waals surface area contributed by atoms with Crippen LogP contribution in [0.3, 0.4) is 0 Å². The predicted octanol–water partition coefficient (Wildman–Crippen LogP) is 4.65. The maximum absolute atomic E-state index is 12.3. The summed E-state index contributed by atoms with van der Waals surface area (Å²) in [6.07, 6.45) is 0.183. The van der Waals surface area contributed by atoms with Crippen molar-refractivity contribution < 1.29 is 9.53 Å². The number of imidazole rings is 1. The third-order valence-corrected chi connectivity index (χ3v) is 6.05. The van der Waals surface area contributed by atoms with Crippen LogP contribution in [-0.4, -0.2) is 39.7 Å². The zero-order valence-electron chi connectivity index (χ0n) is 20.5. The number of aryl methyl sites for hydroxylation is 1. The summed E-state index contributed by atoms with van der Waals surface area (Å²) >= 11 is 0. The maximum atomic E-state index is 12.3. The van der Waals surface area contributed by atoms with Gasteiger partial charge in [0.1, 0.15) is 6.61 Å². The Hall–Kier alpha value is -3.49. The van der Waals surface area contributed by atoms with Gasteiger partial charge in [0.15, 0.2) is 0 Å². The molecule has 0 radical (unpaired) electrons. The zero-order chi connectivity index (χ0) is 24.5. The van der Waals surface area contributed by atoms with E-state index in [1.165, 1.54) is 11.1 Å². The fraction of sp³-hybridized carbons (Fsp3) is 0.286. The third-order valence-electron chi connectivity index (χ3n) is 6.05. The number of nitrogens with zero attached hydrogens (tertiary/aromatic N) is 2. The Bertz CT molecular complexity index is 1230. The average molecular weight is 507 g/mol. The first-order valence-corrected chi connectivity index (χ1v) is 12.0. The van der Waals surface area contributed by atoms with Crippen molar-refractivity contribution in [2.24, 2.45) is 0 Å². The van der Waals surface area contributed by atoms with Gasteiger partial charge in [-0.25, -0.2) is 9.59 Å². The van der Waals surface area contributed by atoms with Gasteiger partial charge in [0.25, 0.3) is 0 Å². The molecule has 0 fully saturated rings. The van der Waals surface area contributed by atoms with Crippen molar-refractivity contribution in [1.82, 2.24) is 19.8 Å². The highest BCUT2D eigenvalue weighted by atomic mass is 32.1. The maximum Gasteiger partial charge on any atom is 0.407 e. The van der Waals surface area contributed by atoms with Crippen molar-refractivity contribution in [3.63, 3.8) is 0 Å². The van der Waals surface area contributed by atoms with Crippen LogP contribution in [0.2, 0.25) is 0 Å². The molecule has 0 aliphatic carbocycles. The van der Waals surface area contributed by atoms with Crippen LogP contribution in [0.4, 0.5) is 4.79 Å². The lowest BCUT2D eigenvalue weighted by molar-refractivity contribution is 0.0886. The van der Waals surface area contributed by atoms with E-state index in [0.717, 1.165) is 24.1 Å². The second kappa shape index (κ2) is 13.6. The van der Waals surface area contributed by atoms with E-state index in [-0.39, 0.29) is 31.8 Å². The van der Waals surface area contributed by atoms with Crippen LogP contribution >= 0.6 is 13.5 Å². The number of carbonyl (C=O) groups is 1. The van der Waals surface area contributed by atoms with Crippen LogP contribution in [0, 0.1) is 0 Å². The van der Waals surface area contributed by atoms with Gasteiger partial charge in [-0.05, 0) is 36.6 Å². The number of ether oxygens (including phenoxy) is 1. The molecule has 7 nitrogen and oxygen atoms in total. The number of carbonyl (C=O) groups excluding carboxylic acids is 1. The summed E-state index contributed by atoms with van der Waals surface area (Å²) in [5.74, 6) is 0. The van der Waals surface area contributed by atoms with E-state index in [1.54, 1.807) is 4.57 Å². The number of aromatic amines is 1. The van der Waals surface area contributed by atoms with Gasteiger partial charge >= 0.3 is 11.8 Å². The van der Waals surface area contributed by atoms with Crippen LogP contribution in [-0.2, 0) is 24.4 Å². The molecule has 4 rings (SSSR count). The molecule has 1 aromatic heterocycles. The number of para-hydroxylation sites is 2. The monoisotopic (exact) mass is 506 g/mol. The Morgan fingerprint density at radius 2 is 1.53 bits per heavy atom. The van der Waals surface area contributed by atoms with Crippen molar-refractivity contribution in [1.29, 1.82) is 0 Å². The average Bonchev–Trinajstić information content (AvgIpc) is 3.21. The molecule has 4 aromatic rings. The molecule has 0 aliphatic heterocycles. The van der Waals surface area contributed by atoms with Crippen molar-refractivity contribution in [2.45, 2.75) is 39.0 Å². The lowest BCUT2D eigenvalue weighted by atomic mass is 10.1. The lowest BCUT2D eigenvalue weighted by Crippen LogP contribution is -2.38. The van der Waals surface area contributed by atoms with E-state index in [4.69, 9.17) is 4.74 Å². The number of amides is 1. The van der Waals surface area contributed by atoms with Crippen LogP contribution in [0.1, 0.15) is 24.5 Å². The SMILES string of the molecule is C[C@@H](COC(=O)NCCCn1c(=O)[nH]c2ccccc21)N(Cc1ccccc1)Cc1ccccc1.S. The number of aromatic nitrogens is 2. The van der Waals surface area contributed by atoms with Crippen LogP contribution in [0.15, 0.2) is 89.7 Å². The van der Waals surface area contributed by atoms with Crippen LogP contribution in [0.5, 0.6) is 0 Å². The van der Waals surface area contributed by atoms with Gasteiger partial charge in [-0.1, -0.05) is 72.8 Å². The van der Waals surface area contributed by atoms with E-state index >= 15 is 0 Å². The van der Waals surface area contributed by atoms with E-state index in [1.807, 2.05) is 60.7 Å². The minimum atomic E-state index is -0.442. The number of rotatable bonds is 11. The molecule has 8 heteroatoms. The Balaban J connectivity index is 0.00000361. The first-order valence-electron chi connectivity index (χ1n) is 12.0. The smallest absolute Gasteiger partial charge is 0.407 e. The molecule has 2 N–H and O–H groups in total. The van der Waals surface area contributed by atoms with Crippen molar-refractivity contribution >= 4 is 30.6 Å². The quantitative estimate of drug-likeness (QED) is 0.290. The molecule has 0 saturated carbocycles. The summed E-state index contributed by atoms with van der Waals surface area (Å²) in [5, 5.41) is 2.80. The highest BCUT2D eigenvalue weighted by molar-refractivity contribution is 7.59. The fourth-order valence-electron chi connectivity index (χ4n) is 4.11. The molecular formula is C28H34N4O3S. The number of benzene rings is 3. The molecule has 1 atom stereocenters. The summed E-state index contributed by atoms with van der Waals surface area (Å²) in [6, 6.07) is 28.2. The van der Waals surface area contributed by atoms with Gasteiger partial charge in [0.2, 0.25) is 0 Å². The number of hydrogen-bond donors (Lipinski definition) is 2. The number of nitrogens with one attached hydrogen (secondary N) is 2. The molecule has 0 bridgehead atoms. The molecule has 1 heterocycles. The Morgan fingerprint density at radius 3 is 2.17 bits per heavy atom. The summed E-state index contributed by atoms with van der Waals surface area (Å²) in [6.45, 7) is 4.83. The number of hydrogen-bond acceptors (Lipinski definition) is 4. The minimum absolute atomic E-state index is 0. The van der Waals surface area contributed by atoms with E-state index in [2.05, 4.69) is 46.4 Å². The van der Waals surface area contributed by atoms with Gasteiger partial charge in [0.05, 0.1) is 11.0 Å². The summed E-state index contributed by atoms with van der Waals surface area (Å²) < 4.78 is 7.21. The molecule has 0 unspecified atom stereocenters. The predicted molar refractivity (Wildman–Crippen MR) is 149 cm³/mol. The van der Waals surface area contributed by atoms with Gasteiger partial charge in [0, 0.05) is 32.2 Å². The van der Waals surface area contributed by atoms with Gasteiger partial charge in [-0.15, -0.1) is 0 Å². The largest absolute Gasteiger partial charge is 0.448 e. The normalized spacial score (nSPS) is 11.7. The Kier molecular flexibility index (Phi) is 10.2. The first kappa shape index (κ1) is 27.1.